The van der Waals surface area contributed by atoms with Gasteiger partial charge in [-0.25, -0.2) is 8.78 Å². The number of hydrogen-bond donors (Lipinski definition) is 1. The molecule has 1 N–H and O–H groups in total. The zero-order valence-corrected chi connectivity index (χ0v) is 16.7. The van der Waals surface area contributed by atoms with Crippen molar-refractivity contribution in [1.82, 2.24) is 0 Å². The molecule has 1 fully saturated rings. The molecule has 1 heterocycles. The van der Waals surface area contributed by atoms with Crippen LogP contribution in [0.25, 0.3) is 0 Å². The second-order valence-electron chi connectivity index (χ2n) is 7.29. The zero-order valence-electron chi connectivity index (χ0n) is 16.7. The van der Waals surface area contributed by atoms with E-state index in [4.69, 9.17) is 14.2 Å². The van der Waals surface area contributed by atoms with Gasteiger partial charge in [0.2, 0.25) is 5.82 Å². The van der Waals surface area contributed by atoms with Gasteiger partial charge in [0.25, 0.3) is 0 Å². The maximum Gasteiger partial charge on any atom is 0.200 e. The Morgan fingerprint density at radius 3 is 2.53 bits per heavy atom. The van der Waals surface area contributed by atoms with E-state index in [1.165, 1.54) is 30.3 Å². The minimum Gasteiger partial charge on any atom is -0.488 e. The summed E-state index contributed by atoms with van der Waals surface area (Å²) in [4.78, 5) is 0. The molecule has 0 saturated carbocycles. The molecular formula is C23H25F3O4. The van der Waals surface area contributed by atoms with E-state index in [0.29, 0.717) is 18.4 Å². The molecule has 4 nitrogen and oxygen atoms in total. The summed E-state index contributed by atoms with van der Waals surface area (Å²) >= 11 is 0. The molecule has 30 heavy (non-hydrogen) atoms. The third-order valence-electron chi connectivity index (χ3n) is 5.11. The minimum absolute atomic E-state index is 0.0772. The quantitative estimate of drug-likeness (QED) is 0.604. The first-order chi connectivity index (χ1) is 14.4. The van der Waals surface area contributed by atoms with Crippen LogP contribution in [0, 0.1) is 17.5 Å². The van der Waals surface area contributed by atoms with Crippen LogP contribution < -0.4 is 9.47 Å². The van der Waals surface area contributed by atoms with Crippen LogP contribution in [0.1, 0.15) is 42.9 Å². The molecule has 1 saturated heterocycles. The summed E-state index contributed by atoms with van der Waals surface area (Å²) in [5.74, 6) is -2.86. The van der Waals surface area contributed by atoms with Gasteiger partial charge in [-0.1, -0.05) is 24.8 Å². The summed E-state index contributed by atoms with van der Waals surface area (Å²) in [6, 6.07) is 7.22. The lowest BCUT2D eigenvalue weighted by atomic mass is 9.91. The van der Waals surface area contributed by atoms with Crippen LogP contribution >= 0.6 is 0 Å². The van der Waals surface area contributed by atoms with Crippen LogP contribution in [0.4, 0.5) is 13.2 Å². The monoisotopic (exact) mass is 422 g/mol. The standard InChI is InChI=1S/C23H25F3O4/c1-3-10-28-21-9-7-18(22(25)23(21)26)16-4-6-17(29-12-16)13-30-20-8-5-15(14(2)27)11-19(20)24/h3,5,7-9,11,14,16-17,27H,1,4,6,10,12-13H2,2H3. The Kier molecular flexibility index (Phi) is 7.39. The topological polar surface area (TPSA) is 47.9 Å². The maximum atomic E-state index is 14.5. The van der Waals surface area contributed by atoms with Gasteiger partial charge in [-0.2, -0.15) is 4.39 Å². The van der Waals surface area contributed by atoms with Gasteiger partial charge in [-0.3, -0.25) is 0 Å². The highest BCUT2D eigenvalue weighted by Gasteiger charge is 2.27. The van der Waals surface area contributed by atoms with Crippen LogP contribution in [0.3, 0.4) is 0 Å². The summed E-state index contributed by atoms with van der Waals surface area (Å²) < 4.78 is 59.1. The molecule has 0 aromatic heterocycles. The summed E-state index contributed by atoms with van der Waals surface area (Å²) in [7, 11) is 0. The van der Waals surface area contributed by atoms with Crippen molar-refractivity contribution in [3.05, 3.63) is 71.6 Å². The Bertz CT molecular complexity index is 877. The highest BCUT2D eigenvalue weighted by atomic mass is 19.2. The second kappa shape index (κ2) is 10.00. The molecule has 162 valence electrons. The number of rotatable bonds is 8. The van der Waals surface area contributed by atoms with E-state index in [1.807, 2.05) is 0 Å². The smallest absolute Gasteiger partial charge is 0.200 e. The summed E-state index contributed by atoms with van der Waals surface area (Å²) in [6.45, 7) is 5.47. The fraction of sp³-hybridized carbons (Fsp3) is 0.391. The van der Waals surface area contributed by atoms with Crippen molar-refractivity contribution in [1.29, 1.82) is 0 Å². The van der Waals surface area contributed by atoms with E-state index in [1.54, 1.807) is 13.0 Å². The maximum absolute atomic E-state index is 14.5. The molecule has 0 spiro atoms. The first-order valence-electron chi connectivity index (χ1n) is 9.84. The average Bonchev–Trinajstić information content (AvgIpc) is 2.74. The molecule has 3 unspecified atom stereocenters. The van der Waals surface area contributed by atoms with Crippen molar-refractivity contribution in [2.24, 2.45) is 0 Å². The molecular weight excluding hydrogens is 397 g/mol. The third kappa shape index (κ3) is 5.15. The SMILES string of the molecule is C=CCOc1ccc(C2CCC(COc3ccc(C(C)O)cc3F)OC2)c(F)c1F. The Morgan fingerprint density at radius 2 is 1.90 bits per heavy atom. The molecule has 3 rings (SSSR count). The van der Waals surface area contributed by atoms with Gasteiger partial charge in [-0.05, 0) is 49.1 Å². The lowest BCUT2D eigenvalue weighted by molar-refractivity contribution is -0.0224. The van der Waals surface area contributed by atoms with Crippen molar-refractivity contribution < 1.29 is 32.5 Å². The van der Waals surface area contributed by atoms with E-state index in [0.717, 1.165) is 0 Å². The predicted molar refractivity (Wildman–Crippen MR) is 106 cm³/mol. The number of ether oxygens (including phenoxy) is 3. The number of aliphatic hydroxyl groups excluding tert-OH is 1. The van der Waals surface area contributed by atoms with Gasteiger partial charge in [-0.15, -0.1) is 0 Å². The molecule has 0 amide bonds. The molecule has 1 aliphatic heterocycles. The van der Waals surface area contributed by atoms with Gasteiger partial charge in [0.05, 0.1) is 18.8 Å². The molecule has 0 aliphatic carbocycles. The summed E-state index contributed by atoms with van der Waals surface area (Å²) in [6.07, 6.45) is 1.56. The largest absolute Gasteiger partial charge is 0.488 e. The van der Waals surface area contributed by atoms with Gasteiger partial charge in [0, 0.05) is 5.92 Å². The number of aliphatic hydroxyl groups is 1. The van der Waals surface area contributed by atoms with E-state index >= 15 is 0 Å². The molecule has 0 bridgehead atoms. The molecule has 1 aliphatic rings. The highest BCUT2D eigenvalue weighted by Crippen LogP contribution is 2.34. The average molecular weight is 422 g/mol. The van der Waals surface area contributed by atoms with Crippen LogP contribution in [0.2, 0.25) is 0 Å². The van der Waals surface area contributed by atoms with Gasteiger partial charge < -0.3 is 19.3 Å². The van der Waals surface area contributed by atoms with Gasteiger partial charge in [0.15, 0.2) is 23.1 Å². The van der Waals surface area contributed by atoms with E-state index in [9.17, 15) is 18.3 Å². The normalized spacial score (nSPS) is 19.9. The lowest BCUT2D eigenvalue weighted by Crippen LogP contribution is -2.30. The fourth-order valence-electron chi connectivity index (χ4n) is 3.38. The predicted octanol–water partition coefficient (Wildman–Crippen LogP) is 5.06. The van der Waals surface area contributed by atoms with Crippen LogP contribution in [-0.4, -0.2) is 31.0 Å². The Labute approximate surface area is 173 Å². The fourth-order valence-corrected chi connectivity index (χ4v) is 3.38. The Morgan fingerprint density at radius 1 is 1.13 bits per heavy atom. The Hall–Kier alpha value is -2.51. The molecule has 0 radical (unpaired) electrons. The van der Waals surface area contributed by atoms with Gasteiger partial charge >= 0.3 is 0 Å². The zero-order chi connectivity index (χ0) is 21.7. The van der Waals surface area contributed by atoms with Crippen LogP contribution in [-0.2, 0) is 4.74 Å². The van der Waals surface area contributed by atoms with Crippen molar-refractivity contribution in [2.75, 3.05) is 19.8 Å². The molecule has 2 aromatic rings. The lowest BCUT2D eigenvalue weighted by Gasteiger charge is -2.29. The van der Waals surface area contributed by atoms with E-state index in [-0.39, 0.29) is 48.9 Å². The van der Waals surface area contributed by atoms with Crippen LogP contribution in [0.15, 0.2) is 43.0 Å². The van der Waals surface area contributed by atoms with Crippen molar-refractivity contribution in [2.45, 2.75) is 37.9 Å². The molecule has 2 aromatic carbocycles. The molecule has 7 heteroatoms. The number of hydrogen-bond acceptors (Lipinski definition) is 4. The van der Waals surface area contributed by atoms with Crippen LogP contribution in [0.5, 0.6) is 11.5 Å². The first-order valence-corrected chi connectivity index (χ1v) is 9.84. The van der Waals surface area contributed by atoms with Gasteiger partial charge in [0.1, 0.15) is 13.2 Å². The summed E-state index contributed by atoms with van der Waals surface area (Å²) in [5.41, 5.74) is 0.712. The van der Waals surface area contributed by atoms with Crippen molar-refractivity contribution in [3.8, 4) is 11.5 Å². The minimum atomic E-state index is -1.02. The number of halogens is 3. The Balaban J connectivity index is 1.55. The van der Waals surface area contributed by atoms with E-state index in [2.05, 4.69) is 6.58 Å². The first kappa shape index (κ1) is 22.2. The second-order valence-corrected chi connectivity index (χ2v) is 7.29. The van der Waals surface area contributed by atoms with Crippen molar-refractivity contribution in [3.63, 3.8) is 0 Å². The summed E-state index contributed by atoms with van der Waals surface area (Å²) in [5, 5.41) is 9.49. The molecule has 3 atom stereocenters. The van der Waals surface area contributed by atoms with E-state index < -0.39 is 23.6 Å². The number of benzene rings is 2. The van der Waals surface area contributed by atoms with Crippen molar-refractivity contribution >= 4 is 0 Å². The highest BCUT2D eigenvalue weighted by molar-refractivity contribution is 5.33. The third-order valence-corrected chi connectivity index (χ3v) is 5.11.